The molecule has 7 heteroatoms. The number of ketones is 1. The third-order valence-electron chi connectivity index (χ3n) is 4.66. The second kappa shape index (κ2) is 7.07. The average Bonchev–Trinajstić information content (AvgIpc) is 3.12. The lowest BCUT2D eigenvalue weighted by Crippen LogP contribution is -2.22. The maximum Gasteiger partial charge on any atom is 0.310 e. The summed E-state index contributed by atoms with van der Waals surface area (Å²) in [4.78, 5) is 24.5. The van der Waals surface area contributed by atoms with Crippen LogP contribution >= 0.6 is 0 Å². The molecule has 0 amide bonds. The van der Waals surface area contributed by atoms with Gasteiger partial charge in [-0.2, -0.15) is 0 Å². The first-order valence-corrected chi connectivity index (χ1v) is 10.3. The topological polar surface area (TPSA) is 82.4 Å². The molecule has 6 nitrogen and oxygen atoms in total. The fourth-order valence-electron chi connectivity index (χ4n) is 3.33. The molecular formula is C19H21NO5S. The van der Waals surface area contributed by atoms with E-state index in [1.54, 1.807) is 6.07 Å². The zero-order valence-corrected chi connectivity index (χ0v) is 15.6. The van der Waals surface area contributed by atoms with Gasteiger partial charge in [0.25, 0.3) is 0 Å². The minimum atomic E-state index is -3.16. The third-order valence-corrected chi connectivity index (χ3v) is 6.43. The Hall–Kier alpha value is -2.41. The number of nitrogens with zero attached hydrogens (tertiary/aromatic N) is 1. The third kappa shape index (κ3) is 3.72. The number of hydrogen-bond donors (Lipinski definition) is 0. The van der Waals surface area contributed by atoms with Crippen molar-refractivity contribution in [1.82, 2.24) is 4.57 Å². The van der Waals surface area contributed by atoms with Gasteiger partial charge in [-0.3, -0.25) is 9.59 Å². The Balaban J connectivity index is 1.70. The summed E-state index contributed by atoms with van der Waals surface area (Å²) in [5.41, 5.74) is 3.14. The number of aromatic nitrogens is 1. The Bertz CT molecular complexity index is 944. The highest BCUT2D eigenvalue weighted by molar-refractivity contribution is 7.91. The van der Waals surface area contributed by atoms with Gasteiger partial charge in [-0.25, -0.2) is 8.42 Å². The van der Waals surface area contributed by atoms with Crippen LogP contribution in [-0.4, -0.2) is 42.9 Å². The molecule has 26 heavy (non-hydrogen) atoms. The van der Waals surface area contributed by atoms with E-state index in [4.69, 9.17) is 4.74 Å². The van der Waals surface area contributed by atoms with Crippen LogP contribution in [-0.2, 0) is 19.4 Å². The Morgan fingerprint density at radius 3 is 2.50 bits per heavy atom. The van der Waals surface area contributed by atoms with Crippen molar-refractivity contribution in [3.05, 3.63) is 53.3 Å². The standard InChI is InChI=1S/C19H21NO5S/c1-13-10-17(14(2)20(13)16-6-4-3-5-7-16)18(21)11-25-19(22)15-8-9-26(23,24)12-15/h3-7,10,15H,8-9,11-12H2,1-2H3. The van der Waals surface area contributed by atoms with E-state index in [-0.39, 0.29) is 30.3 Å². The highest BCUT2D eigenvalue weighted by Crippen LogP contribution is 2.22. The number of ether oxygens (including phenoxy) is 1. The summed E-state index contributed by atoms with van der Waals surface area (Å²) in [5, 5.41) is 0. The minimum absolute atomic E-state index is 0.00105. The lowest BCUT2D eigenvalue weighted by molar-refractivity contribution is -0.146. The van der Waals surface area contributed by atoms with Crippen molar-refractivity contribution >= 4 is 21.6 Å². The maximum absolute atomic E-state index is 12.5. The first-order chi connectivity index (χ1) is 12.3. The molecule has 1 atom stereocenters. The van der Waals surface area contributed by atoms with Crippen LogP contribution in [0.1, 0.15) is 28.2 Å². The second-order valence-corrected chi connectivity index (χ2v) is 8.82. The lowest BCUT2D eigenvalue weighted by atomic mass is 10.1. The second-order valence-electron chi connectivity index (χ2n) is 6.59. The number of esters is 1. The molecule has 0 radical (unpaired) electrons. The summed E-state index contributed by atoms with van der Waals surface area (Å²) in [6.07, 6.45) is 0.262. The SMILES string of the molecule is Cc1cc(C(=O)COC(=O)C2CCS(=O)(=O)C2)c(C)n1-c1ccccc1. The van der Waals surface area contributed by atoms with E-state index in [0.717, 1.165) is 17.1 Å². The highest BCUT2D eigenvalue weighted by atomic mass is 32.2. The molecule has 1 fully saturated rings. The van der Waals surface area contributed by atoms with Gasteiger partial charge in [0.2, 0.25) is 5.78 Å². The molecule has 1 aromatic heterocycles. The van der Waals surface area contributed by atoms with Crippen LogP contribution in [0, 0.1) is 19.8 Å². The molecular weight excluding hydrogens is 354 g/mol. The number of benzene rings is 1. The number of para-hydroxylation sites is 1. The van der Waals surface area contributed by atoms with Crippen molar-refractivity contribution in [3.8, 4) is 5.69 Å². The summed E-state index contributed by atoms with van der Waals surface area (Å²) >= 11 is 0. The largest absolute Gasteiger partial charge is 0.457 e. The van der Waals surface area contributed by atoms with Gasteiger partial charge in [0.05, 0.1) is 17.4 Å². The zero-order chi connectivity index (χ0) is 18.9. The van der Waals surface area contributed by atoms with E-state index in [9.17, 15) is 18.0 Å². The number of rotatable bonds is 5. The van der Waals surface area contributed by atoms with E-state index in [0.29, 0.717) is 5.56 Å². The summed E-state index contributed by atoms with van der Waals surface area (Å²) < 4.78 is 29.9. The molecule has 1 aliphatic rings. The predicted molar refractivity (Wildman–Crippen MR) is 97.3 cm³/mol. The van der Waals surface area contributed by atoms with E-state index in [2.05, 4.69) is 0 Å². The highest BCUT2D eigenvalue weighted by Gasteiger charge is 2.34. The monoisotopic (exact) mass is 375 g/mol. The molecule has 0 aliphatic carbocycles. The molecule has 0 bridgehead atoms. The molecule has 3 rings (SSSR count). The molecule has 1 aromatic carbocycles. The van der Waals surface area contributed by atoms with Gasteiger partial charge < -0.3 is 9.30 Å². The number of sulfone groups is 1. The number of Topliss-reactive ketones (excluding diaryl/α,β-unsaturated/α-hetero) is 1. The van der Waals surface area contributed by atoms with Crippen molar-refractivity contribution in [3.63, 3.8) is 0 Å². The Morgan fingerprint density at radius 1 is 1.19 bits per heavy atom. The number of aryl methyl sites for hydroxylation is 1. The quantitative estimate of drug-likeness (QED) is 0.591. The molecule has 1 aliphatic heterocycles. The zero-order valence-electron chi connectivity index (χ0n) is 14.8. The van der Waals surface area contributed by atoms with Gasteiger partial charge in [0.15, 0.2) is 16.4 Å². The fraction of sp³-hybridized carbons (Fsp3) is 0.368. The van der Waals surface area contributed by atoms with Crippen LogP contribution in [0.3, 0.4) is 0 Å². The fourth-order valence-corrected chi connectivity index (χ4v) is 5.06. The van der Waals surface area contributed by atoms with Crippen molar-refractivity contribution in [2.75, 3.05) is 18.1 Å². The van der Waals surface area contributed by atoms with Gasteiger partial charge in [-0.1, -0.05) is 18.2 Å². The van der Waals surface area contributed by atoms with E-state index in [1.807, 2.05) is 48.7 Å². The van der Waals surface area contributed by atoms with Gasteiger partial charge in [0, 0.05) is 22.6 Å². The van der Waals surface area contributed by atoms with E-state index < -0.39 is 21.7 Å². The van der Waals surface area contributed by atoms with Crippen LogP contribution in [0.4, 0.5) is 0 Å². The summed E-state index contributed by atoms with van der Waals surface area (Å²) in [5.74, 6) is -1.77. The van der Waals surface area contributed by atoms with Gasteiger partial charge >= 0.3 is 5.97 Å². The predicted octanol–water partition coefficient (Wildman–Crippen LogP) is 2.25. The van der Waals surface area contributed by atoms with Crippen molar-refractivity contribution < 1.29 is 22.7 Å². The Labute approximate surface area is 152 Å². The molecule has 0 N–H and O–H groups in total. The van der Waals surface area contributed by atoms with Gasteiger partial charge in [0.1, 0.15) is 0 Å². The number of hydrogen-bond acceptors (Lipinski definition) is 5. The first-order valence-electron chi connectivity index (χ1n) is 8.43. The Morgan fingerprint density at radius 2 is 1.88 bits per heavy atom. The van der Waals surface area contributed by atoms with E-state index in [1.165, 1.54) is 0 Å². The summed E-state index contributed by atoms with van der Waals surface area (Å²) in [6.45, 7) is 3.37. The molecule has 1 unspecified atom stereocenters. The molecule has 2 aromatic rings. The Kier molecular flexibility index (Phi) is 5.00. The van der Waals surface area contributed by atoms with Crippen LogP contribution in [0.5, 0.6) is 0 Å². The van der Waals surface area contributed by atoms with Crippen LogP contribution < -0.4 is 0 Å². The van der Waals surface area contributed by atoms with E-state index >= 15 is 0 Å². The molecule has 2 heterocycles. The van der Waals surface area contributed by atoms with Crippen molar-refractivity contribution in [2.24, 2.45) is 5.92 Å². The normalized spacial score (nSPS) is 18.6. The average molecular weight is 375 g/mol. The number of carbonyl (C=O) groups excluding carboxylic acids is 2. The minimum Gasteiger partial charge on any atom is -0.457 e. The lowest BCUT2D eigenvalue weighted by Gasteiger charge is -2.10. The van der Waals surface area contributed by atoms with Crippen LogP contribution in [0.15, 0.2) is 36.4 Å². The first kappa shape index (κ1) is 18.4. The molecule has 1 saturated heterocycles. The van der Waals surface area contributed by atoms with Crippen molar-refractivity contribution in [2.45, 2.75) is 20.3 Å². The van der Waals surface area contributed by atoms with Gasteiger partial charge in [-0.15, -0.1) is 0 Å². The van der Waals surface area contributed by atoms with Gasteiger partial charge in [-0.05, 0) is 38.5 Å². The summed E-state index contributed by atoms with van der Waals surface area (Å²) in [6, 6.07) is 11.5. The maximum atomic E-state index is 12.5. The summed E-state index contributed by atoms with van der Waals surface area (Å²) in [7, 11) is -3.16. The van der Waals surface area contributed by atoms with Crippen molar-refractivity contribution in [1.29, 1.82) is 0 Å². The van der Waals surface area contributed by atoms with Crippen LogP contribution in [0.25, 0.3) is 5.69 Å². The van der Waals surface area contributed by atoms with Crippen LogP contribution in [0.2, 0.25) is 0 Å². The molecule has 0 saturated carbocycles. The molecule has 0 spiro atoms. The number of carbonyl (C=O) groups is 2. The smallest absolute Gasteiger partial charge is 0.310 e. The molecule has 138 valence electrons.